The van der Waals surface area contributed by atoms with Crippen LogP contribution in [0.15, 0.2) is 23.1 Å². The molecular formula is C22H36N4O3S. The molecule has 0 bridgehead atoms. The molecule has 1 aromatic carbocycles. The van der Waals surface area contributed by atoms with Crippen molar-refractivity contribution in [2.24, 2.45) is 0 Å². The topological polar surface area (TPSA) is 84.3 Å². The summed E-state index contributed by atoms with van der Waals surface area (Å²) in [5.41, 5.74) is 1.57. The lowest BCUT2D eigenvalue weighted by Gasteiger charge is -2.18. The van der Waals surface area contributed by atoms with E-state index in [0.29, 0.717) is 31.4 Å². The fraction of sp³-hybridized carbons (Fsp3) is 0.636. The molecule has 0 aliphatic heterocycles. The second-order valence-electron chi connectivity index (χ2n) is 7.68. The predicted molar refractivity (Wildman–Crippen MR) is 121 cm³/mol. The molecular weight excluding hydrogens is 400 g/mol. The Kier molecular flexibility index (Phi) is 8.85. The van der Waals surface area contributed by atoms with E-state index in [4.69, 9.17) is 4.98 Å². The fourth-order valence-corrected chi connectivity index (χ4v) is 5.25. The third kappa shape index (κ3) is 5.60. The molecule has 1 aromatic heterocycles. The molecule has 2 rings (SSSR count). The highest BCUT2D eigenvalue weighted by atomic mass is 32.2. The molecule has 1 heterocycles. The minimum absolute atomic E-state index is 0.0239. The van der Waals surface area contributed by atoms with E-state index in [1.165, 1.54) is 4.31 Å². The van der Waals surface area contributed by atoms with Crippen LogP contribution in [0.1, 0.15) is 66.1 Å². The summed E-state index contributed by atoms with van der Waals surface area (Å²) in [5, 5.41) is 3.03. The maximum Gasteiger partial charge on any atom is 0.243 e. The van der Waals surface area contributed by atoms with Gasteiger partial charge in [0.1, 0.15) is 5.82 Å². The molecule has 0 saturated carbocycles. The predicted octanol–water partition coefficient (Wildman–Crippen LogP) is 3.71. The highest BCUT2D eigenvalue weighted by Crippen LogP contribution is 2.24. The molecule has 0 saturated heterocycles. The van der Waals surface area contributed by atoms with Crippen LogP contribution in [0.25, 0.3) is 11.0 Å². The molecule has 0 spiro atoms. The molecule has 30 heavy (non-hydrogen) atoms. The van der Waals surface area contributed by atoms with Crippen LogP contribution in [0.3, 0.4) is 0 Å². The fourth-order valence-electron chi connectivity index (χ4n) is 3.77. The molecule has 1 N–H and O–H groups in total. The number of sulfonamides is 1. The van der Waals surface area contributed by atoms with Crippen molar-refractivity contribution in [3.63, 3.8) is 0 Å². The summed E-state index contributed by atoms with van der Waals surface area (Å²) in [4.78, 5) is 17.2. The number of fused-ring (bicyclic) bond motifs is 1. The van der Waals surface area contributed by atoms with Crippen molar-refractivity contribution in [3.05, 3.63) is 24.0 Å². The summed E-state index contributed by atoms with van der Waals surface area (Å²) < 4.78 is 29.3. The van der Waals surface area contributed by atoms with Gasteiger partial charge >= 0.3 is 0 Å². The van der Waals surface area contributed by atoms with E-state index in [2.05, 4.69) is 23.7 Å². The number of hydrogen-bond acceptors (Lipinski definition) is 4. The maximum atomic E-state index is 12.9. The molecule has 168 valence electrons. The minimum Gasteiger partial charge on any atom is -0.354 e. The standard InChI is InChI=1S/C22H36N4O3S/c1-6-10-17(5)23-22(27)14-13-21-24-19-16-18(30(28,29)25(8-3)9-4)11-12-20(19)26(21)15-7-2/h11-12,16-17H,6-10,13-15H2,1-5H3,(H,23,27)/t17-/m1/s1. The normalized spacial score (nSPS) is 13.1. The lowest BCUT2D eigenvalue weighted by molar-refractivity contribution is -0.121. The number of hydrogen-bond donors (Lipinski definition) is 1. The van der Waals surface area contributed by atoms with Crippen molar-refractivity contribution in [1.82, 2.24) is 19.2 Å². The first-order valence-electron chi connectivity index (χ1n) is 11.1. The first-order chi connectivity index (χ1) is 14.3. The number of aromatic nitrogens is 2. The van der Waals surface area contributed by atoms with Gasteiger partial charge in [-0.05, 0) is 38.0 Å². The Balaban J connectivity index is 2.30. The maximum absolute atomic E-state index is 12.9. The number of aryl methyl sites for hydroxylation is 2. The van der Waals surface area contributed by atoms with Gasteiger partial charge in [0.15, 0.2) is 0 Å². The number of nitrogens with zero attached hydrogens (tertiary/aromatic N) is 3. The van der Waals surface area contributed by atoms with E-state index in [-0.39, 0.29) is 16.8 Å². The second kappa shape index (κ2) is 10.9. The summed E-state index contributed by atoms with van der Waals surface area (Å²) in [5.74, 6) is 0.846. The number of imidazole rings is 1. The zero-order valence-electron chi connectivity index (χ0n) is 18.9. The molecule has 7 nitrogen and oxygen atoms in total. The van der Waals surface area contributed by atoms with Gasteiger partial charge in [-0.3, -0.25) is 4.79 Å². The van der Waals surface area contributed by atoms with Gasteiger partial charge in [-0.25, -0.2) is 13.4 Å². The zero-order valence-corrected chi connectivity index (χ0v) is 19.8. The van der Waals surface area contributed by atoms with E-state index in [9.17, 15) is 13.2 Å². The van der Waals surface area contributed by atoms with Crippen LogP contribution in [0.4, 0.5) is 0 Å². The van der Waals surface area contributed by atoms with Gasteiger partial charge < -0.3 is 9.88 Å². The smallest absolute Gasteiger partial charge is 0.243 e. The van der Waals surface area contributed by atoms with Crippen LogP contribution in [0, 0.1) is 0 Å². The number of nitrogens with one attached hydrogen (secondary N) is 1. The van der Waals surface area contributed by atoms with Crippen LogP contribution >= 0.6 is 0 Å². The van der Waals surface area contributed by atoms with Gasteiger partial charge in [0, 0.05) is 38.5 Å². The van der Waals surface area contributed by atoms with Gasteiger partial charge in [0.2, 0.25) is 15.9 Å². The lowest BCUT2D eigenvalue weighted by Crippen LogP contribution is -2.32. The molecule has 0 radical (unpaired) electrons. The third-order valence-electron chi connectivity index (χ3n) is 5.29. The summed E-state index contributed by atoms with van der Waals surface area (Å²) in [6, 6.07) is 5.32. The average molecular weight is 437 g/mol. The first-order valence-corrected chi connectivity index (χ1v) is 12.5. The van der Waals surface area contributed by atoms with Crippen molar-refractivity contribution in [2.45, 2.75) is 84.2 Å². The monoisotopic (exact) mass is 436 g/mol. The molecule has 0 aliphatic rings. The average Bonchev–Trinajstić information content (AvgIpc) is 3.04. The summed E-state index contributed by atoms with van der Waals surface area (Å²) in [6.07, 6.45) is 3.82. The zero-order chi connectivity index (χ0) is 22.3. The SMILES string of the molecule is CCC[C@@H](C)NC(=O)CCc1nc2cc(S(=O)(=O)N(CC)CC)ccc2n1CCC. The number of benzene rings is 1. The van der Waals surface area contributed by atoms with Crippen LogP contribution in [-0.4, -0.2) is 47.3 Å². The molecule has 8 heteroatoms. The van der Waals surface area contributed by atoms with Gasteiger partial charge in [-0.2, -0.15) is 4.31 Å². The van der Waals surface area contributed by atoms with Crippen molar-refractivity contribution >= 4 is 27.0 Å². The summed E-state index contributed by atoms with van der Waals surface area (Å²) in [7, 11) is -3.53. The van der Waals surface area contributed by atoms with Crippen LogP contribution in [0.2, 0.25) is 0 Å². The van der Waals surface area contributed by atoms with Crippen LogP contribution in [-0.2, 0) is 27.8 Å². The first kappa shape index (κ1) is 24.3. The van der Waals surface area contributed by atoms with Crippen molar-refractivity contribution < 1.29 is 13.2 Å². The lowest BCUT2D eigenvalue weighted by atomic mass is 10.2. The van der Waals surface area contributed by atoms with E-state index < -0.39 is 10.0 Å². The summed E-state index contributed by atoms with van der Waals surface area (Å²) in [6.45, 7) is 11.5. The number of carbonyl (C=O) groups excluding carboxylic acids is 1. The third-order valence-corrected chi connectivity index (χ3v) is 7.34. The van der Waals surface area contributed by atoms with E-state index >= 15 is 0 Å². The second-order valence-corrected chi connectivity index (χ2v) is 9.61. The quantitative estimate of drug-likeness (QED) is 0.550. The van der Waals surface area contributed by atoms with Crippen molar-refractivity contribution in [1.29, 1.82) is 0 Å². The summed E-state index contributed by atoms with van der Waals surface area (Å²) >= 11 is 0. The molecule has 0 fully saturated rings. The van der Waals surface area contributed by atoms with Gasteiger partial charge in [-0.1, -0.05) is 34.1 Å². The van der Waals surface area contributed by atoms with Crippen LogP contribution < -0.4 is 5.32 Å². The number of rotatable bonds is 12. The van der Waals surface area contributed by atoms with E-state index in [1.54, 1.807) is 12.1 Å². The Bertz CT molecular complexity index is 949. The van der Waals surface area contributed by atoms with Gasteiger partial charge in [0.25, 0.3) is 0 Å². The molecule has 0 unspecified atom stereocenters. The Hall–Kier alpha value is -1.93. The van der Waals surface area contributed by atoms with Gasteiger partial charge in [-0.15, -0.1) is 0 Å². The van der Waals surface area contributed by atoms with Crippen molar-refractivity contribution in [3.8, 4) is 0 Å². The molecule has 1 atom stereocenters. The van der Waals surface area contributed by atoms with E-state index in [1.807, 2.05) is 26.8 Å². The van der Waals surface area contributed by atoms with Crippen LogP contribution in [0.5, 0.6) is 0 Å². The molecule has 1 amide bonds. The minimum atomic E-state index is -3.53. The molecule has 0 aliphatic carbocycles. The van der Waals surface area contributed by atoms with E-state index in [0.717, 1.165) is 37.1 Å². The highest BCUT2D eigenvalue weighted by Gasteiger charge is 2.23. The Morgan fingerprint density at radius 1 is 1.17 bits per heavy atom. The largest absolute Gasteiger partial charge is 0.354 e. The Morgan fingerprint density at radius 2 is 1.87 bits per heavy atom. The number of amides is 1. The highest BCUT2D eigenvalue weighted by molar-refractivity contribution is 7.89. The Morgan fingerprint density at radius 3 is 2.47 bits per heavy atom. The Labute approximate surface area is 180 Å². The van der Waals surface area contributed by atoms with Crippen molar-refractivity contribution in [2.75, 3.05) is 13.1 Å². The number of carbonyl (C=O) groups is 1. The molecule has 2 aromatic rings. The van der Waals surface area contributed by atoms with Gasteiger partial charge in [0.05, 0.1) is 15.9 Å².